The standard InChI is InChI=1S/C9H13ClSi/c1-11(2)9-6-4-3-5-8(9)7-10/h3-6,11H,7H2,1-2H3. The molecule has 0 aromatic heterocycles. The second-order valence-electron chi connectivity index (χ2n) is 2.99. The Balaban J connectivity index is 3.02. The van der Waals surface area contributed by atoms with Crippen LogP contribution < -0.4 is 5.19 Å². The molecule has 60 valence electrons. The van der Waals surface area contributed by atoms with E-state index in [1.54, 1.807) is 0 Å². The summed E-state index contributed by atoms with van der Waals surface area (Å²) in [5, 5.41) is 1.50. The van der Waals surface area contributed by atoms with E-state index in [1.165, 1.54) is 10.8 Å². The predicted octanol–water partition coefficient (Wildman–Crippen LogP) is 2.12. The summed E-state index contributed by atoms with van der Waals surface area (Å²) in [6.07, 6.45) is 0. The minimum Gasteiger partial charge on any atom is -0.122 e. The van der Waals surface area contributed by atoms with E-state index >= 15 is 0 Å². The highest BCUT2D eigenvalue weighted by molar-refractivity contribution is 6.71. The van der Waals surface area contributed by atoms with Crippen LogP contribution in [0.4, 0.5) is 0 Å². The van der Waals surface area contributed by atoms with Gasteiger partial charge in [-0.1, -0.05) is 42.5 Å². The van der Waals surface area contributed by atoms with Gasteiger partial charge in [0.2, 0.25) is 0 Å². The van der Waals surface area contributed by atoms with Gasteiger partial charge in [-0.05, 0) is 5.56 Å². The lowest BCUT2D eigenvalue weighted by Gasteiger charge is -2.08. The summed E-state index contributed by atoms with van der Waals surface area (Å²) in [5.74, 6) is 0.654. The van der Waals surface area contributed by atoms with Crippen LogP contribution in [0.1, 0.15) is 5.56 Å². The van der Waals surface area contributed by atoms with Gasteiger partial charge in [0.05, 0.1) is 8.80 Å². The van der Waals surface area contributed by atoms with Gasteiger partial charge in [-0.25, -0.2) is 0 Å². The van der Waals surface area contributed by atoms with Gasteiger partial charge in [-0.3, -0.25) is 0 Å². The predicted molar refractivity (Wildman–Crippen MR) is 54.5 cm³/mol. The second kappa shape index (κ2) is 3.93. The van der Waals surface area contributed by atoms with Crippen molar-refractivity contribution in [3.05, 3.63) is 29.8 Å². The third kappa shape index (κ3) is 2.08. The van der Waals surface area contributed by atoms with E-state index in [4.69, 9.17) is 11.6 Å². The number of halogens is 1. The first kappa shape index (κ1) is 8.82. The van der Waals surface area contributed by atoms with Gasteiger partial charge in [0.1, 0.15) is 0 Å². The molecule has 0 aliphatic rings. The maximum Gasteiger partial charge on any atom is 0.0651 e. The topological polar surface area (TPSA) is 0 Å². The van der Waals surface area contributed by atoms with Crippen molar-refractivity contribution >= 4 is 25.6 Å². The highest BCUT2D eigenvalue weighted by atomic mass is 35.5. The quantitative estimate of drug-likeness (QED) is 0.488. The summed E-state index contributed by atoms with van der Waals surface area (Å²) in [6.45, 7) is 4.65. The molecule has 1 aromatic carbocycles. The molecule has 0 N–H and O–H groups in total. The lowest BCUT2D eigenvalue weighted by Crippen LogP contribution is -2.25. The molecule has 0 nitrogen and oxygen atoms in total. The van der Waals surface area contributed by atoms with E-state index in [0.717, 1.165) is 0 Å². The summed E-state index contributed by atoms with van der Waals surface area (Å²) < 4.78 is 0. The molecule has 0 aliphatic heterocycles. The van der Waals surface area contributed by atoms with E-state index in [0.29, 0.717) is 5.88 Å². The van der Waals surface area contributed by atoms with Gasteiger partial charge in [0, 0.05) is 5.88 Å². The molecule has 0 heterocycles. The fourth-order valence-corrected chi connectivity index (χ4v) is 3.03. The van der Waals surface area contributed by atoms with E-state index < -0.39 is 8.80 Å². The molecule has 0 saturated carbocycles. The molecule has 0 spiro atoms. The minimum atomic E-state index is -0.670. The summed E-state index contributed by atoms with van der Waals surface area (Å²) in [7, 11) is -0.670. The Morgan fingerprint density at radius 2 is 1.91 bits per heavy atom. The number of hydrogen-bond donors (Lipinski definition) is 0. The van der Waals surface area contributed by atoms with Crippen LogP contribution in [0, 0.1) is 0 Å². The highest BCUT2D eigenvalue weighted by Gasteiger charge is 2.04. The fraction of sp³-hybridized carbons (Fsp3) is 0.333. The van der Waals surface area contributed by atoms with Crippen LogP contribution in [0.2, 0.25) is 13.1 Å². The maximum atomic E-state index is 5.80. The van der Waals surface area contributed by atoms with Crippen molar-refractivity contribution in [3.8, 4) is 0 Å². The molecule has 2 heteroatoms. The molecule has 0 unspecified atom stereocenters. The molecule has 0 aliphatic carbocycles. The van der Waals surface area contributed by atoms with Crippen LogP contribution in [-0.4, -0.2) is 8.80 Å². The van der Waals surface area contributed by atoms with Crippen molar-refractivity contribution < 1.29 is 0 Å². The summed E-state index contributed by atoms with van der Waals surface area (Å²) in [6, 6.07) is 8.47. The Morgan fingerprint density at radius 1 is 1.27 bits per heavy atom. The first-order valence-corrected chi connectivity index (χ1v) is 7.31. The van der Waals surface area contributed by atoms with Gasteiger partial charge in [-0.2, -0.15) is 0 Å². The van der Waals surface area contributed by atoms with Crippen molar-refractivity contribution in [2.45, 2.75) is 19.0 Å². The Hall–Kier alpha value is -0.273. The molecule has 11 heavy (non-hydrogen) atoms. The summed E-state index contributed by atoms with van der Waals surface area (Å²) in [5.41, 5.74) is 1.32. The van der Waals surface area contributed by atoms with Crippen molar-refractivity contribution in [1.29, 1.82) is 0 Å². The molecule has 0 radical (unpaired) electrons. The lowest BCUT2D eigenvalue weighted by atomic mass is 10.2. The fourth-order valence-electron chi connectivity index (χ4n) is 1.22. The Kier molecular flexibility index (Phi) is 3.15. The molecule has 0 atom stereocenters. The molecular formula is C9H13ClSi. The van der Waals surface area contributed by atoms with Gasteiger partial charge in [0.15, 0.2) is 0 Å². The normalized spacial score (nSPS) is 10.5. The van der Waals surface area contributed by atoms with E-state index in [1.807, 2.05) is 0 Å². The van der Waals surface area contributed by atoms with E-state index in [2.05, 4.69) is 37.4 Å². The average molecular weight is 185 g/mol. The molecule has 0 bridgehead atoms. The third-order valence-electron chi connectivity index (χ3n) is 1.82. The van der Waals surface area contributed by atoms with E-state index in [-0.39, 0.29) is 0 Å². The van der Waals surface area contributed by atoms with Crippen LogP contribution in [0.15, 0.2) is 24.3 Å². The monoisotopic (exact) mass is 184 g/mol. The zero-order valence-corrected chi connectivity index (χ0v) is 8.88. The van der Waals surface area contributed by atoms with Crippen LogP contribution in [-0.2, 0) is 5.88 Å². The van der Waals surface area contributed by atoms with Gasteiger partial charge in [-0.15, -0.1) is 11.6 Å². The first-order chi connectivity index (χ1) is 5.25. The molecule has 0 amide bonds. The van der Waals surface area contributed by atoms with Gasteiger partial charge in [0.25, 0.3) is 0 Å². The van der Waals surface area contributed by atoms with Crippen molar-refractivity contribution in [3.63, 3.8) is 0 Å². The van der Waals surface area contributed by atoms with Crippen molar-refractivity contribution in [2.75, 3.05) is 0 Å². The van der Waals surface area contributed by atoms with Crippen molar-refractivity contribution in [2.24, 2.45) is 0 Å². The number of rotatable bonds is 2. The smallest absolute Gasteiger partial charge is 0.0651 e. The molecule has 1 rings (SSSR count). The maximum absolute atomic E-state index is 5.80. The highest BCUT2D eigenvalue weighted by Crippen LogP contribution is 2.01. The summed E-state index contributed by atoms with van der Waals surface area (Å²) in [4.78, 5) is 0. The van der Waals surface area contributed by atoms with Crippen LogP contribution in [0.25, 0.3) is 0 Å². The third-order valence-corrected chi connectivity index (χ3v) is 3.92. The molecular weight excluding hydrogens is 172 g/mol. The number of hydrogen-bond acceptors (Lipinski definition) is 0. The summed E-state index contributed by atoms with van der Waals surface area (Å²) >= 11 is 5.80. The number of benzene rings is 1. The Bertz CT molecular complexity index is 233. The largest absolute Gasteiger partial charge is 0.122 e. The van der Waals surface area contributed by atoms with Crippen LogP contribution >= 0.6 is 11.6 Å². The molecule has 0 fully saturated rings. The van der Waals surface area contributed by atoms with Gasteiger partial charge < -0.3 is 0 Å². The average Bonchev–Trinajstić information content (AvgIpc) is 2.04. The van der Waals surface area contributed by atoms with Crippen LogP contribution in [0.3, 0.4) is 0 Å². The van der Waals surface area contributed by atoms with E-state index in [9.17, 15) is 0 Å². The zero-order chi connectivity index (χ0) is 8.27. The SMILES string of the molecule is C[SiH](C)c1ccccc1CCl. The molecule has 0 saturated heterocycles. The Morgan fingerprint density at radius 3 is 2.36 bits per heavy atom. The second-order valence-corrected chi connectivity index (χ2v) is 6.19. The van der Waals surface area contributed by atoms with Crippen LogP contribution in [0.5, 0.6) is 0 Å². The minimum absolute atomic E-state index is 0.654. The zero-order valence-electron chi connectivity index (χ0n) is 6.97. The van der Waals surface area contributed by atoms with Crippen molar-refractivity contribution in [1.82, 2.24) is 0 Å². The van der Waals surface area contributed by atoms with Gasteiger partial charge >= 0.3 is 0 Å². The Labute approximate surface area is 74.8 Å². The molecule has 1 aromatic rings. The number of alkyl halides is 1. The lowest BCUT2D eigenvalue weighted by molar-refractivity contribution is 1.43. The first-order valence-electron chi connectivity index (χ1n) is 3.89.